The zero-order valence-corrected chi connectivity index (χ0v) is 17.2. The second-order valence-electron chi connectivity index (χ2n) is 5.65. The molecule has 8 heteroatoms. The lowest BCUT2D eigenvalue weighted by Crippen LogP contribution is -2.10. The van der Waals surface area contributed by atoms with Gasteiger partial charge in [-0.1, -0.05) is 58.7 Å². The summed E-state index contributed by atoms with van der Waals surface area (Å²) in [5, 5.41) is 11.1. The fraction of sp³-hybridized carbons (Fsp3) is 0.222. The molecule has 1 unspecified atom stereocenters. The lowest BCUT2D eigenvalue weighted by atomic mass is 10.2. The third-order valence-electron chi connectivity index (χ3n) is 3.69. The topological polar surface area (TPSA) is 39.9 Å². The van der Waals surface area contributed by atoms with Crippen molar-refractivity contribution in [3.63, 3.8) is 0 Å². The van der Waals surface area contributed by atoms with Crippen molar-refractivity contribution in [2.45, 2.75) is 23.9 Å². The van der Waals surface area contributed by atoms with Gasteiger partial charge in [-0.3, -0.25) is 0 Å². The van der Waals surface area contributed by atoms with Crippen molar-refractivity contribution < 1.29 is 4.74 Å². The van der Waals surface area contributed by atoms with E-state index in [2.05, 4.69) is 10.2 Å². The summed E-state index contributed by atoms with van der Waals surface area (Å²) in [6.07, 6.45) is -0.313. The highest BCUT2D eigenvalue weighted by Crippen LogP contribution is 2.31. The van der Waals surface area contributed by atoms with E-state index < -0.39 is 0 Å². The molecule has 3 aromatic rings. The van der Waals surface area contributed by atoms with Gasteiger partial charge < -0.3 is 9.30 Å². The molecule has 1 aromatic heterocycles. The molecule has 0 N–H and O–H groups in total. The van der Waals surface area contributed by atoms with E-state index in [1.54, 1.807) is 30.0 Å². The molecule has 0 spiro atoms. The van der Waals surface area contributed by atoms with Crippen LogP contribution in [0.1, 0.15) is 24.4 Å². The molecule has 0 bridgehead atoms. The quantitative estimate of drug-likeness (QED) is 0.438. The predicted octanol–water partition coefficient (Wildman–Crippen LogP) is 6.21. The Bertz CT molecular complexity index is 916. The highest BCUT2D eigenvalue weighted by Gasteiger charge is 2.18. The van der Waals surface area contributed by atoms with Gasteiger partial charge in [0, 0.05) is 22.8 Å². The van der Waals surface area contributed by atoms with Gasteiger partial charge in [0.2, 0.25) is 0 Å². The largest absolute Gasteiger partial charge is 0.481 e. The lowest BCUT2D eigenvalue weighted by Gasteiger charge is -2.15. The van der Waals surface area contributed by atoms with Crippen molar-refractivity contribution in [2.75, 3.05) is 0 Å². The van der Waals surface area contributed by atoms with Crippen LogP contribution in [0.4, 0.5) is 0 Å². The molecule has 3 rings (SSSR count). The molecule has 0 saturated carbocycles. The van der Waals surface area contributed by atoms with Gasteiger partial charge in [-0.05, 0) is 42.8 Å². The van der Waals surface area contributed by atoms with Crippen LogP contribution in [0.5, 0.6) is 5.75 Å². The average Bonchev–Trinajstić information content (AvgIpc) is 2.96. The molecule has 0 aliphatic carbocycles. The maximum absolute atomic E-state index is 6.17. The van der Waals surface area contributed by atoms with Crippen LogP contribution in [0.3, 0.4) is 0 Å². The molecule has 26 heavy (non-hydrogen) atoms. The molecule has 0 fully saturated rings. The lowest BCUT2D eigenvalue weighted by molar-refractivity contribution is 0.211. The van der Waals surface area contributed by atoms with Crippen molar-refractivity contribution in [3.05, 3.63) is 68.9 Å². The van der Waals surface area contributed by atoms with Crippen LogP contribution >= 0.6 is 46.6 Å². The van der Waals surface area contributed by atoms with E-state index >= 15 is 0 Å². The summed E-state index contributed by atoms with van der Waals surface area (Å²) in [5.74, 6) is 2.02. The van der Waals surface area contributed by atoms with Crippen molar-refractivity contribution in [1.82, 2.24) is 14.8 Å². The van der Waals surface area contributed by atoms with Crippen molar-refractivity contribution in [3.8, 4) is 5.75 Å². The maximum atomic E-state index is 6.17. The molecule has 0 saturated heterocycles. The summed E-state index contributed by atoms with van der Waals surface area (Å²) in [5.41, 5.74) is 1.13. The van der Waals surface area contributed by atoms with E-state index in [1.165, 1.54) is 0 Å². The summed E-state index contributed by atoms with van der Waals surface area (Å²) in [4.78, 5) is 0. The van der Waals surface area contributed by atoms with Crippen LogP contribution in [0.15, 0.2) is 47.6 Å². The third-order valence-corrected chi connectivity index (χ3v) is 5.54. The number of hydrogen-bond donors (Lipinski definition) is 0. The first-order valence-corrected chi connectivity index (χ1v) is 9.94. The number of halogens is 3. The van der Waals surface area contributed by atoms with Gasteiger partial charge >= 0.3 is 0 Å². The van der Waals surface area contributed by atoms with Crippen LogP contribution in [-0.4, -0.2) is 14.8 Å². The van der Waals surface area contributed by atoms with E-state index in [0.29, 0.717) is 21.6 Å². The summed E-state index contributed by atoms with van der Waals surface area (Å²) < 4.78 is 7.84. The van der Waals surface area contributed by atoms with Gasteiger partial charge in [0.05, 0.1) is 5.02 Å². The minimum Gasteiger partial charge on any atom is -0.481 e. The van der Waals surface area contributed by atoms with E-state index in [1.807, 2.05) is 42.8 Å². The molecule has 1 atom stereocenters. The number of hydrogen-bond acceptors (Lipinski definition) is 4. The highest BCUT2D eigenvalue weighted by molar-refractivity contribution is 7.98. The zero-order chi connectivity index (χ0) is 18.7. The highest BCUT2D eigenvalue weighted by atomic mass is 35.5. The summed E-state index contributed by atoms with van der Waals surface area (Å²) >= 11 is 19.7. The molecular weight excluding hydrogens is 413 g/mol. The molecule has 136 valence electrons. The van der Waals surface area contributed by atoms with Crippen LogP contribution in [0.2, 0.25) is 15.1 Å². The Kier molecular flexibility index (Phi) is 6.35. The summed E-state index contributed by atoms with van der Waals surface area (Å²) in [6.45, 7) is 1.90. The molecule has 1 heterocycles. The Morgan fingerprint density at radius 3 is 2.58 bits per heavy atom. The molecule has 0 aliphatic heterocycles. The molecule has 0 radical (unpaired) electrons. The van der Waals surface area contributed by atoms with Gasteiger partial charge in [0.25, 0.3) is 0 Å². The van der Waals surface area contributed by atoms with Gasteiger partial charge in [0.15, 0.2) is 17.1 Å². The van der Waals surface area contributed by atoms with Crippen LogP contribution in [-0.2, 0) is 12.8 Å². The average molecular weight is 429 g/mol. The molecule has 0 amide bonds. The third kappa shape index (κ3) is 4.65. The summed E-state index contributed by atoms with van der Waals surface area (Å²) in [6, 6.07) is 12.9. The number of benzene rings is 2. The van der Waals surface area contributed by atoms with Gasteiger partial charge in [-0.2, -0.15) is 0 Å². The smallest absolute Gasteiger partial charge is 0.191 e. The minimum absolute atomic E-state index is 0.313. The first-order valence-electron chi connectivity index (χ1n) is 7.82. The summed E-state index contributed by atoms with van der Waals surface area (Å²) in [7, 11) is 1.92. The monoisotopic (exact) mass is 427 g/mol. The molecule has 2 aromatic carbocycles. The number of ether oxygens (including phenoxy) is 1. The van der Waals surface area contributed by atoms with Gasteiger partial charge in [0.1, 0.15) is 5.75 Å². The Balaban J connectivity index is 1.69. The van der Waals surface area contributed by atoms with Crippen LogP contribution in [0, 0.1) is 0 Å². The zero-order valence-electron chi connectivity index (χ0n) is 14.1. The predicted molar refractivity (Wildman–Crippen MR) is 108 cm³/mol. The normalized spacial score (nSPS) is 12.2. The second kappa shape index (κ2) is 8.53. The first-order chi connectivity index (χ1) is 12.4. The van der Waals surface area contributed by atoms with E-state index in [9.17, 15) is 0 Å². The molecular formula is C18H16Cl3N3OS. The standard InChI is InChI=1S/C18H16Cl3N3OS/c1-11(25-16-7-6-14(20)9-15(16)21)17-22-23-18(24(17)2)26-10-12-4-3-5-13(19)8-12/h3-9,11H,10H2,1-2H3. The number of thioether (sulfide) groups is 1. The SMILES string of the molecule is CC(Oc1ccc(Cl)cc1Cl)c1nnc(SCc2cccc(Cl)c2)n1C. The van der Waals surface area contributed by atoms with E-state index in [-0.39, 0.29) is 6.10 Å². The number of aromatic nitrogens is 3. The molecule has 4 nitrogen and oxygen atoms in total. The van der Waals surface area contributed by atoms with E-state index in [0.717, 1.165) is 21.5 Å². The Morgan fingerprint density at radius 1 is 1.08 bits per heavy atom. The number of rotatable bonds is 6. The van der Waals surface area contributed by atoms with Crippen LogP contribution in [0.25, 0.3) is 0 Å². The Labute approximate surface area is 171 Å². The van der Waals surface area contributed by atoms with E-state index in [4.69, 9.17) is 39.5 Å². The fourth-order valence-electron chi connectivity index (χ4n) is 2.39. The molecule has 0 aliphatic rings. The Hall–Kier alpha value is -1.40. The van der Waals surface area contributed by atoms with Crippen molar-refractivity contribution in [1.29, 1.82) is 0 Å². The Morgan fingerprint density at radius 2 is 1.85 bits per heavy atom. The maximum Gasteiger partial charge on any atom is 0.191 e. The number of nitrogens with zero attached hydrogens (tertiary/aromatic N) is 3. The first kappa shape index (κ1) is 19.4. The van der Waals surface area contributed by atoms with Gasteiger partial charge in [-0.25, -0.2) is 0 Å². The second-order valence-corrected chi connectivity index (χ2v) is 7.88. The fourth-order valence-corrected chi connectivity index (χ4v) is 3.92. The minimum atomic E-state index is -0.313. The van der Waals surface area contributed by atoms with Crippen molar-refractivity contribution in [2.24, 2.45) is 7.05 Å². The van der Waals surface area contributed by atoms with Crippen LogP contribution < -0.4 is 4.74 Å². The van der Waals surface area contributed by atoms with Gasteiger partial charge in [-0.15, -0.1) is 10.2 Å². The van der Waals surface area contributed by atoms with Crippen molar-refractivity contribution >= 4 is 46.6 Å².